The Morgan fingerprint density at radius 2 is 2.07 bits per heavy atom. The van der Waals surface area contributed by atoms with Crippen molar-refractivity contribution in [3.8, 4) is 0 Å². The second kappa shape index (κ2) is 4.58. The summed E-state index contributed by atoms with van der Waals surface area (Å²) in [5, 5.41) is 9.93. The minimum Gasteiger partial charge on any atom is -0.387 e. The van der Waals surface area contributed by atoms with Crippen LogP contribution in [-0.2, 0) is 0 Å². The number of benzene rings is 1. The Morgan fingerprint density at radius 3 is 2.71 bits per heavy atom. The van der Waals surface area contributed by atoms with Crippen molar-refractivity contribution in [3.05, 3.63) is 42.3 Å². The summed E-state index contributed by atoms with van der Waals surface area (Å²) in [5.74, 6) is 0. The normalized spacial score (nSPS) is 19.8. The maximum absolute atomic E-state index is 9.93. The largest absolute Gasteiger partial charge is 0.387 e. The van der Waals surface area contributed by atoms with Gasteiger partial charge in [-0.3, -0.25) is 0 Å². The van der Waals surface area contributed by atoms with Gasteiger partial charge in [0.1, 0.15) is 0 Å². The summed E-state index contributed by atoms with van der Waals surface area (Å²) >= 11 is 0. The summed E-state index contributed by atoms with van der Waals surface area (Å²) in [6.07, 6.45) is 3.07. The number of nitrogens with zero attached hydrogens (tertiary/aromatic N) is 1. The van der Waals surface area contributed by atoms with Gasteiger partial charge in [0, 0.05) is 13.1 Å². The quantitative estimate of drug-likeness (QED) is 0.783. The Bertz CT molecular complexity index is 267. The van der Waals surface area contributed by atoms with Crippen LogP contribution in [0.3, 0.4) is 0 Å². The topological polar surface area (TPSA) is 23.5 Å². The van der Waals surface area contributed by atoms with E-state index in [-0.39, 0.29) is 6.10 Å². The van der Waals surface area contributed by atoms with Crippen molar-refractivity contribution in [2.24, 2.45) is 0 Å². The third-order valence-corrected chi connectivity index (χ3v) is 2.65. The fourth-order valence-electron chi connectivity index (χ4n) is 1.83. The summed E-state index contributed by atoms with van der Waals surface area (Å²) in [4.78, 5) is 2.28. The SMILES string of the molecule is OC(CN1C[CH]CC1)c1ccccc1. The van der Waals surface area contributed by atoms with Gasteiger partial charge >= 0.3 is 0 Å². The van der Waals surface area contributed by atoms with Gasteiger partial charge < -0.3 is 10.0 Å². The molecule has 0 aliphatic carbocycles. The highest BCUT2D eigenvalue weighted by Crippen LogP contribution is 2.16. The molecule has 1 heterocycles. The number of rotatable bonds is 3. The molecule has 1 aromatic carbocycles. The molecule has 1 aromatic rings. The van der Waals surface area contributed by atoms with Gasteiger partial charge in [-0.2, -0.15) is 0 Å². The lowest BCUT2D eigenvalue weighted by molar-refractivity contribution is 0.127. The molecule has 1 saturated heterocycles. The van der Waals surface area contributed by atoms with Gasteiger partial charge in [0.15, 0.2) is 0 Å². The van der Waals surface area contributed by atoms with Crippen LogP contribution in [0, 0.1) is 6.42 Å². The first kappa shape index (κ1) is 9.69. The van der Waals surface area contributed by atoms with Crippen molar-refractivity contribution in [1.29, 1.82) is 0 Å². The zero-order valence-electron chi connectivity index (χ0n) is 8.26. The Balaban J connectivity index is 1.92. The summed E-state index contributed by atoms with van der Waals surface area (Å²) in [5.41, 5.74) is 1.01. The summed E-state index contributed by atoms with van der Waals surface area (Å²) in [6.45, 7) is 2.86. The minimum atomic E-state index is -0.345. The number of β-amino-alcohol motifs (C(OH)–C–C–N with tert-alkyl or cyclic N) is 1. The third-order valence-electron chi connectivity index (χ3n) is 2.65. The lowest BCUT2D eigenvalue weighted by Crippen LogP contribution is -2.25. The highest BCUT2D eigenvalue weighted by atomic mass is 16.3. The van der Waals surface area contributed by atoms with Gasteiger partial charge in [0.2, 0.25) is 0 Å². The lowest BCUT2D eigenvalue weighted by Gasteiger charge is -2.19. The molecular weight excluding hydrogens is 174 g/mol. The van der Waals surface area contributed by atoms with Crippen molar-refractivity contribution in [1.82, 2.24) is 4.90 Å². The van der Waals surface area contributed by atoms with E-state index < -0.39 is 0 Å². The molecule has 1 aliphatic rings. The average molecular weight is 190 g/mol. The zero-order valence-corrected chi connectivity index (χ0v) is 8.26. The van der Waals surface area contributed by atoms with E-state index in [0.29, 0.717) is 0 Å². The van der Waals surface area contributed by atoms with E-state index in [2.05, 4.69) is 11.3 Å². The summed E-state index contributed by atoms with van der Waals surface area (Å²) in [6, 6.07) is 9.86. The molecule has 0 saturated carbocycles. The average Bonchev–Trinajstić information content (AvgIpc) is 2.72. The number of hydrogen-bond donors (Lipinski definition) is 1. The third kappa shape index (κ3) is 2.34. The van der Waals surface area contributed by atoms with E-state index in [1.54, 1.807) is 0 Å². The van der Waals surface area contributed by atoms with Crippen molar-refractivity contribution >= 4 is 0 Å². The fraction of sp³-hybridized carbons (Fsp3) is 0.417. The molecule has 2 nitrogen and oxygen atoms in total. The smallest absolute Gasteiger partial charge is 0.0916 e. The van der Waals surface area contributed by atoms with Crippen LogP contribution in [0.15, 0.2) is 30.3 Å². The van der Waals surface area contributed by atoms with E-state index in [1.165, 1.54) is 0 Å². The first-order valence-electron chi connectivity index (χ1n) is 5.13. The molecule has 1 radical (unpaired) electrons. The first-order valence-corrected chi connectivity index (χ1v) is 5.13. The molecule has 1 unspecified atom stereocenters. The Labute approximate surface area is 85.2 Å². The molecule has 0 spiro atoms. The number of hydrogen-bond acceptors (Lipinski definition) is 2. The minimum absolute atomic E-state index is 0.345. The second-order valence-corrected chi connectivity index (χ2v) is 3.76. The van der Waals surface area contributed by atoms with Gasteiger partial charge in [0.25, 0.3) is 0 Å². The first-order chi connectivity index (χ1) is 6.86. The maximum Gasteiger partial charge on any atom is 0.0916 e. The molecule has 1 N–H and O–H groups in total. The molecule has 0 amide bonds. The zero-order chi connectivity index (χ0) is 9.80. The Kier molecular flexibility index (Phi) is 3.17. The van der Waals surface area contributed by atoms with Crippen LogP contribution < -0.4 is 0 Å². The molecule has 1 atom stereocenters. The summed E-state index contributed by atoms with van der Waals surface area (Å²) in [7, 11) is 0. The van der Waals surface area contributed by atoms with E-state index in [0.717, 1.165) is 31.6 Å². The standard InChI is InChI=1S/C12H16NO/c14-12(10-13-8-4-5-9-13)11-6-2-1-3-7-11/h1-4,6-7,12,14H,5,8-10H2. The van der Waals surface area contributed by atoms with E-state index in [4.69, 9.17) is 0 Å². The van der Waals surface area contributed by atoms with Crippen molar-refractivity contribution in [2.75, 3.05) is 19.6 Å². The molecule has 0 bridgehead atoms. The molecule has 0 aromatic heterocycles. The molecule has 14 heavy (non-hydrogen) atoms. The van der Waals surface area contributed by atoms with Crippen LogP contribution in [0.1, 0.15) is 18.1 Å². The van der Waals surface area contributed by atoms with Crippen LogP contribution in [0.4, 0.5) is 0 Å². The lowest BCUT2D eigenvalue weighted by atomic mass is 10.1. The van der Waals surface area contributed by atoms with Gasteiger partial charge in [-0.1, -0.05) is 30.3 Å². The summed E-state index contributed by atoms with van der Waals surface area (Å²) < 4.78 is 0. The van der Waals surface area contributed by atoms with E-state index >= 15 is 0 Å². The molecular formula is C12H16NO. The number of likely N-dealkylation sites (tertiary alicyclic amines) is 1. The van der Waals surface area contributed by atoms with Crippen LogP contribution in [0.2, 0.25) is 0 Å². The van der Waals surface area contributed by atoms with Gasteiger partial charge in [0.05, 0.1) is 6.10 Å². The van der Waals surface area contributed by atoms with Crippen LogP contribution in [0.25, 0.3) is 0 Å². The number of aliphatic hydroxyl groups excluding tert-OH is 1. The van der Waals surface area contributed by atoms with Gasteiger partial charge in [-0.05, 0) is 24.9 Å². The predicted molar refractivity (Wildman–Crippen MR) is 56.8 cm³/mol. The van der Waals surface area contributed by atoms with Crippen molar-refractivity contribution in [3.63, 3.8) is 0 Å². The fourth-order valence-corrected chi connectivity index (χ4v) is 1.83. The van der Waals surface area contributed by atoms with Crippen LogP contribution >= 0.6 is 0 Å². The van der Waals surface area contributed by atoms with Gasteiger partial charge in [-0.25, -0.2) is 0 Å². The highest BCUT2D eigenvalue weighted by molar-refractivity contribution is 5.17. The molecule has 1 aliphatic heterocycles. The Morgan fingerprint density at radius 1 is 1.29 bits per heavy atom. The molecule has 2 rings (SSSR count). The predicted octanol–water partition coefficient (Wildman–Crippen LogP) is 1.63. The number of aliphatic hydroxyl groups is 1. The maximum atomic E-state index is 9.93. The molecule has 75 valence electrons. The van der Waals surface area contributed by atoms with Crippen LogP contribution in [0.5, 0.6) is 0 Å². The Hall–Kier alpha value is -0.860. The van der Waals surface area contributed by atoms with E-state index in [1.807, 2.05) is 30.3 Å². The van der Waals surface area contributed by atoms with E-state index in [9.17, 15) is 5.11 Å². The van der Waals surface area contributed by atoms with Crippen LogP contribution in [-0.4, -0.2) is 29.6 Å². The second-order valence-electron chi connectivity index (χ2n) is 3.76. The van der Waals surface area contributed by atoms with Gasteiger partial charge in [-0.15, -0.1) is 0 Å². The highest BCUT2D eigenvalue weighted by Gasteiger charge is 2.16. The molecule has 2 heteroatoms. The monoisotopic (exact) mass is 190 g/mol. The molecule has 1 fully saturated rings. The van der Waals surface area contributed by atoms with Crippen molar-refractivity contribution in [2.45, 2.75) is 12.5 Å². The van der Waals surface area contributed by atoms with Crippen molar-refractivity contribution < 1.29 is 5.11 Å².